The number of benzene rings is 1. The normalized spacial score (nSPS) is 14.0. The van der Waals surface area contributed by atoms with E-state index >= 15 is 0 Å². The number of aliphatic hydroxyl groups excluding tert-OH is 2. The lowest BCUT2D eigenvalue weighted by atomic mass is 10.1. The number of aliphatic hydroxyl groups is 2. The second-order valence-electron chi connectivity index (χ2n) is 8.32. The molecule has 11 heteroatoms. The van der Waals surface area contributed by atoms with Crippen molar-refractivity contribution in [3.63, 3.8) is 0 Å². The smallest absolute Gasteiger partial charge is 0.167 e. The van der Waals surface area contributed by atoms with E-state index in [-0.39, 0.29) is 18.5 Å². The number of fused-ring (bicyclic) bond motifs is 1. The van der Waals surface area contributed by atoms with Crippen molar-refractivity contribution in [3.8, 4) is 17.0 Å². The number of ether oxygens (including phenoxy) is 1. The van der Waals surface area contributed by atoms with Gasteiger partial charge in [0.05, 0.1) is 17.9 Å². The number of aromatic nitrogens is 5. The van der Waals surface area contributed by atoms with Crippen LogP contribution in [0.4, 0.5) is 14.6 Å². The minimum absolute atomic E-state index is 0.00865. The Bertz CT molecular complexity index is 1320. The molecule has 4 heterocycles. The molecule has 5 rings (SSSR count). The lowest BCUT2D eigenvalue weighted by Gasteiger charge is -2.33. The second kappa shape index (κ2) is 11.4. The van der Waals surface area contributed by atoms with Crippen LogP contribution in [0.25, 0.3) is 22.3 Å². The molecule has 0 radical (unpaired) electrons. The van der Waals surface area contributed by atoms with Crippen LogP contribution in [0, 0.1) is 11.6 Å². The monoisotopic (exact) mass is 498 g/mol. The average molecular weight is 499 g/mol. The van der Waals surface area contributed by atoms with E-state index in [0.717, 1.165) is 30.3 Å². The topological polar surface area (TPSA) is 109 Å². The number of hydrogen-bond donors (Lipinski definition) is 2. The summed E-state index contributed by atoms with van der Waals surface area (Å²) < 4.78 is 34.7. The maximum atomic E-state index is 14.0. The molecule has 0 saturated carbocycles. The van der Waals surface area contributed by atoms with Crippen LogP contribution in [-0.4, -0.2) is 67.9 Å². The second-order valence-corrected chi connectivity index (χ2v) is 8.32. The summed E-state index contributed by atoms with van der Waals surface area (Å²) in [6.45, 7) is 1.28. The molecule has 1 fully saturated rings. The molecule has 1 aliphatic rings. The Balaban J connectivity index is 0.00000148. The molecule has 190 valence electrons. The van der Waals surface area contributed by atoms with Crippen molar-refractivity contribution in [2.75, 3.05) is 31.7 Å². The molecular weight excluding hydrogens is 470 g/mol. The average Bonchev–Trinajstić information content (AvgIpc) is 3.33. The van der Waals surface area contributed by atoms with E-state index in [1.165, 1.54) is 12.1 Å². The molecular formula is C25H28F2N6O3. The summed E-state index contributed by atoms with van der Waals surface area (Å²) in [6.07, 6.45) is 6.87. The van der Waals surface area contributed by atoms with Gasteiger partial charge in [-0.3, -0.25) is 9.67 Å². The van der Waals surface area contributed by atoms with Gasteiger partial charge in [-0.2, -0.15) is 5.10 Å². The highest BCUT2D eigenvalue weighted by atomic mass is 19.1. The number of nitrogens with zero attached hydrogens (tertiary/aromatic N) is 6. The van der Waals surface area contributed by atoms with Crippen LogP contribution >= 0.6 is 0 Å². The van der Waals surface area contributed by atoms with Crippen LogP contribution in [0.15, 0.2) is 42.9 Å². The maximum Gasteiger partial charge on any atom is 0.167 e. The summed E-state index contributed by atoms with van der Waals surface area (Å²) in [7, 11) is 2.85. The van der Waals surface area contributed by atoms with Gasteiger partial charge in [0.25, 0.3) is 0 Å². The summed E-state index contributed by atoms with van der Waals surface area (Å²) in [5.74, 6) is -0.540. The zero-order valence-corrected chi connectivity index (χ0v) is 20.1. The van der Waals surface area contributed by atoms with Crippen molar-refractivity contribution in [2.24, 2.45) is 7.05 Å². The van der Waals surface area contributed by atoms with Crippen molar-refractivity contribution in [1.29, 1.82) is 0 Å². The number of aryl methyl sites for hydroxylation is 1. The van der Waals surface area contributed by atoms with Crippen LogP contribution in [-0.2, 0) is 13.5 Å². The Morgan fingerprint density at radius 2 is 1.83 bits per heavy atom. The molecule has 0 spiro atoms. The van der Waals surface area contributed by atoms with Gasteiger partial charge in [-0.15, -0.1) is 0 Å². The third-order valence-electron chi connectivity index (χ3n) is 5.86. The first-order valence-electron chi connectivity index (χ1n) is 11.6. The van der Waals surface area contributed by atoms with Gasteiger partial charge in [0.15, 0.2) is 17.4 Å². The maximum absolute atomic E-state index is 14.0. The van der Waals surface area contributed by atoms with Crippen LogP contribution in [0.2, 0.25) is 0 Å². The zero-order valence-electron chi connectivity index (χ0n) is 20.1. The van der Waals surface area contributed by atoms with Gasteiger partial charge in [-0.05, 0) is 18.2 Å². The lowest BCUT2D eigenvalue weighted by Crippen LogP contribution is -2.39. The minimum atomic E-state index is -0.700. The number of rotatable bonds is 6. The van der Waals surface area contributed by atoms with E-state index in [2.05, 4.69) is 15.0 Å². The molecule has 9 nitrogen and oxygen atoms in total. The SMILES string of the molecule is CO.Cn1cc(-c2nc3cnc(CCO)cc3nc2N2CCC(Oc3ccc(F)cc3F)CC2)cn1. The van der Waals surface area contributed by atoms with Crippen LogP contribution in [0.5, 0.6) is 5.75 Å². The highest BCUT2D eigenvalue weighted by Gasteiger charge is 2.26. The number of pyridine rings is 1. The molecule has 36 heavy (non-hydrogen) atoms. The van der Waals surface area contributed by atoms with Crippen molar-refractivity contribution in [2.45, 2.75) is 25.4 Å². The molecule has 1 aliphatic heterocycles. The first kappa shape index (κ1) is 25.4. The molecule has 3 aromatic heterocycles. The van der Waals surface area contributed by atoms with E-state index in [4.69, 9.17) is 19.8 Å². The summed E-state index contributed by atoms with van der Waals surface area (Å²) in [4.78, 5) is 16.3. The molecule has 0 bridgehead atoms. The Kier molecular flexibility index (Phi) is 8.01. The zero-order chi connectivity index (χ0) is 25.7. The third kappa shape index (κ3) is 5.58. The summed E-state index contributed by atoms with van der Waals surface area (Å²) in [5, 5.41) is 20.5. The van der Waals surface area contributed by atoms with Crippen LogP contribution in [0.3, 0.4) is 0 Å². The fourth-order valence-electron chi connectivity index (χ4n) is 4.14. The van der Waals surface area contributed by atoms with Gasteiger partial charge >= 0.3 is 0 Å². The van der Waals surface area contributed by atoms with E-state index in [1.54, 1.807) is 17.1 Å². The fraction of sp³-hybridized carbons (Fsp3) is 0.360. The van der Waals surface area contributed by atoms with Crippen molar-refractivity contribution in [3.05, 3.63) is 60.2 Å². The largest absolute Gasteiger partial charge is 0.487 e. The van der Waals surface area contributed by atoms with Gasteiger partial charge in [-0.1, -0.05) is 0 Å². The van der Waals surface area contributed by atoms with Crippen molar-refractivity contribution in [1.82, 2.24) is 24.7 Å². The number of piperidine rings is 1. The van der Waals surface area contributed by atoms with Gasteiger partial charge in [0.2, 0.25) is 0 Å². The van der Waals surface area contributed by atoms with Crippen molar-refractivity contribution < 1.29 is 23.7 Å². The Morgan fingerprint density at radius 1 is 1.06 bits per heavy atom. The predicted octanol–water partition coefficient (Wildman–Crippen LogP) is 2.89. The molecule has 0 aliphatic carbocycles. The minimum Gasteiger partial charge on any atom is -0.487 e. The summed E-state index contributed by atoms with van der Waals surface area (Å²) in [5.41, 5.74) is 3.67. The van der Waals surface area contributed by atoms with Crippen LogP contribution in [0.1, 0.15) is 18.5 Å². The third-order valence-corrected chi connectivity index (χ3v) is 5.86. The first-order valence-corrected chi connectivity index (χ1v) is 11.6. The highest BCUT2D eigenvalue weighted by molar-refractivity contribution is 5.83. The van der Waals surface area contributed by atoms with E-state index in [9.17, 15) is 13.9 Å². The molecule has 2 N–H and O–H groups in total. The summed E-state index contributed by atoms with van der Waals surface area (Å²) in [6, 6.07) is 5.19. The molecule has 1 saturated heterocycles. The van der Waals surface area contributed by atoms with E-state index < -0.39 is 11.6 Å². The highest BCUT2D eigenvalue weighted by Crippen LogP contribution is 2.32. The fourth-order valence-corrected chi connectivity index (χ4v) is 4.14. The predicted molar refractivity (Wildman–Crippen MR) is 131 cm³/mol. The molecule has 4 aromatic rings. The number of hydrogen-bond acceptors (Lipinski definition) is 8. The standard InChI is InChI=1S/C24H24F2N6O2.CH4O/c1-31-14-15(12-28-31)23-24(30-20-11-17(6-9-33)27-13-21(20)29-23)32-7-4-18(5-8-32)34-22-3-2-16(25)10-19(22)26;1-2/h2-3,10-14,18,33H,4-9H2,1H3;2H,1H3. The quantitative estimate of drug-likeness (QED) is 0.418. The lowest BCUT2D eigenvalue weighted by molar-refractivity contribution is 0.163. The van der Waals surface area contributed by atoms with Crippen LogP contribution < -0.4 is 9.64 Å². The summed E-state index contributed by atoms with van der Waals surface area (Å²) >= 11 is 0. The Labute approximate surface area is 207 Å². The van der Waals surface area contributed by atoms with E-state index in [1.807, 2.05) is 19.3 Å². The molecule has 0 amide bonds. The van der Waals surface area contributed by atoms with Gasteiger partial charge in [-0.25, -0.2) is 18.7 Å². The van der Waals surface area contributed by atoms with E-state index in [0.29, 0.717) is 49.1 Å². The first-order chi connectivity index (χ1) is 17.5. The van der Waals surface area contributed by atoms with Crippen molar-refractivity contribution >= 4 is 16.9 Å². The molecule has 1 aromatic carbocycles. The van der Waals surface area contributed by atoms with Gasteiger partial charge in [0, 0.05) is 76.6 Å². The van der Waals surface area contributed by atoms with Gasteiger partial charge < -0.3 is 19.8 Å². The number of halogens is 2. The Hall–Kier alpha value is -3.70. The molecule has 0 atom stereocenters. The Morgan fingerprint density at radius 3 is 2.50 bits per heavy atom. The number of anilines is 1. The van der Waals surface area contributed by atoms with Gasteiger partial charge in [0.1, 0.15) is 23.1 Å². The molecule has 0 unspecified atom stereocenters.